The van der Waals surface area contributed by atoms with E-state index in [0.717, 1.165) is 5.56 Å². The van der Waals surface area contributed by atoms with Crippen molar-refractivity contribution < 1.29 is 17.9 Å². The maximum atomic E-state index is 12.7. The molecule has 1 atom stereocenters. The van der Waals surface area contributed by atoms with E-state index in [1.807, 2.05) is 13.0 Å². The van der Waals surface area contributed by atoms with Crippen LogP contribution in [0.2, 0.25) is 5.02 Å². The largest absolute Gasteiger partial charge is 0.495 e. The van der Waals surface area contributed by atoms with Gasteiger partial charge < -0.3 is 9.64 Å². The van der Waals surface area contributed by atoms with Crippen molar-refractivity contribution in [2.45, 2.75) is 24.3 Å². The number of benzene rings is 2. The highest BCUT2D eigenvalue weighted by molar-refractivity contribution is 7.89. The van der Waals surface area contributed by atoms with Crippen LogP contribution in [0.1, 0.15) is 12.0 Å². The molecule has 1 amide bonds. The van der Waals surface area contributed by atoms with Crippen LogP contribution in [0, 0.1) is 6.92 Å². The number of carbonyl (C=O) groups excluding carboxylic acids is 1. The Kier molecular flexibility index (Phi) is 5.22. The molecule has 26 heavy (non-hydrogen) atoms. The van der Waals surface area contributed by atoms with E-state index in [9.17, 15) is 13.2 Å². The number of amides is 1. The number of para-hydroxylation sites is 2. The summed E-state index contributed by atoms with van der Waals surface area (Å²) in [5, 5.41) is 0.129. The fourth-order valence-corrected chi connectivity index (χ4v) is 4.78. The van der Waals surface area contributed by atoms with Crippen LogP contribution in [0.4, 0.5) is 5.69 Å². The van der Waals surface area contributed by atoms with Crippen LogP contribution in [0.25, 0.3) is 0 Å². The molecule has 0 aromatic heterocycles. The minimum atomic E-state index is -3.91. The van der Waals surface area contributed by atoms with Gasteiger partial charge in [0.05, 0.1) is 17.8 Å². The Hall–Kier alpha value is -2.09. The van der Waals surface area contributed by atoms with Crippen LogP contribution < -0.4 is 14.4 Å². The van der Waals surface area contributed by atoms with Crippen LogP contribution in [-0.4, -0.2) is 34.0 Å². The molecule has 8 heteroatoms. The predicted octanol–water partition coefficient (Wildman–Crippen LogP) is 2.74. The molecular weight excluding hydrogens is 376 g/mol. The first-order chi connectivity index (χ1) is 12.3. The summed E-state index contributed by atoms with van der Waals surface area (Å²) in [6.45, 7) is 2.22. The molecule has 2 aromatic rings. The van der Waals surface area contributed by atoms with E-state index in [-0.39, 0.29) is 15.8 Å². The molecule has 0 aliphatic carbocycles. The van der Waals surface area contributed by atoms with Crippen molar-refractivity contribution in [3.63, 3.8) is 0 Å². The second kappa shape index (κ2) is 7.26. The Balaban J connectivity index is 1.82. The molecule has 1 unspecified atom stereocenters. The molecule has 6 nitrogen and oxygen atoms in total. The Labute approximate surface area is 157 Å². The van der Waals surface area contributed by atoms with Crippen LogP contribution in [0.5, 0.6) is 5.75 Å². The van der Waals surface area contributed by atoms with Gasteiger partial charge in [0, 0.05) is 6.54 Å². The number of hydrogen-bond donors (Lipinski definition) is 1. The number of nitrogens with zero attached hydrogens (tertiary/aromatic N) is 1. The molecule has 1 aliphatic heterocycles. The van der Waals surface area contributed by atoms with E-state index in [4.69, 9.17) is 16.3 Å². The summed E-state index contributed by atoms with van der Waals surface area (Å²) >= 11 is 6.07. The lowest BCUT2D eigenvalue weighted by atomic mass is 10.2. The fraction of sp³-hybridized carbons (Fsp3) is 0.278. The molecule has 0 bridgehead atoms. The number of ether oxygens (including phenoxy) is 1. The van der Waals surface area contributed by atoms with Crippen molar-refractivity contribution in [1.29, 1.82) is 0 Å². The monoisotopic (exact) mass is 394 g/mol. The van der Waals surface area contributed by atoms with Crippen LogP contribution in [0.3, 0.4) is 0 Å². The molecule has 1 N–H and O–H groups in total. The Morgan fingerprint density at radius 1 is 1.23 bits per heavy atom. The molecule has 0 radical (unpaired) electrons. The van der Waals surface area contributed by atoms with Crippen molar-refractivity contribution in [2.24, 2.45) is 0 Å². The zero-order valence-corrected chi connectivity index (χ0v) is 16.0. The molecule has 0 spiro atoms. The summed E-state index contributed by atoms with van der Waals surface area (Å²) in [5.74, 6) is 0.243. The molecule has 3 rings (SSSR count). The van der Waals surface area contributed by atoms with Gasteiger partial charge in [0.15, 0.2) is 0 Å². The van der Waals surface area contributed by atoms with Gasteiger partial charge in [-0.25, -0.2) is 8.42 Å². The molecule has 1 heterocycles. The topological polar surface area (TPSA) is 75.7 Å². The molecule has 1 fully saturated rings. The van der Waals surface area contributed by atoms with Crippen molar-refractivity contribution in [3.05, 3.63) is 53.1 Å². The molecule has 1 saturated heterocycles. The second-order valence-electron chi connectivity index (χ2n) is 6.06. The van der Waals surface area contributed by atoms with Crippen LogP contribution in [-0.2, 0) is 14.8 Å². The van der Waals surface area contributed by atoms with Crippen molar-refractivity contribution in [1.82, 2.24) is 4.72 Å². The van der Waals surface area contributed by atoms with Crippen molar-refractivity contribution in [2.75, 3.05) is 18.6 Å². The van der Waals surface area contributed by atoms with E-state index < -0.39 is 16.1 Å². The minimum absolute atomic E-state index is 0.0340. The number of rotatable bonds is 5. The molecular formula is C18H19ClN2O4S. The Morgan fingerprint density at radius 3 is 2.65 bits per heavy atom. The maximum absolute atomic E-state index is 12.7. The van der Waals surface area contributed by atoms with Gasteiger partial charge in [-0.1, -0.05) is 29.8 Å². The Morgan fingerprint density at radius 2 is 1.96 bits per heavy atom. The third kappa shape index (κ3) is 3.56. The number of nitrogens with one attached hydrogen (secondary N) is 1. The number of aryl methyl sites for hydroxylation is 1. The highest BCUT2D eigenvalue weighted by Crippen LogP contribution is 2.31. The third-order valence-electron chi connectivity index (χ3n) is 4.26. The zero-order chi connectivity index (χ0) is 18.9. The van der Waals surface area contributed by atoms with Crippen molar-refractivity contribution >= 4 is 33.2 Å². The number of sulfonamides is 1. The highest BCUT2D eigenvalue weighted by Gasteiger charge is 2.37. The summed E-state index contributed by atoms with van der Waals surface area (Å²) in [5.41, 5.74) is 1.48. The maximum Gasteiger partial charge on any atom is 0.245 e. The first kappa shape index (κ1) is 18.7. The average molecular weight is 395 g/mol. The SMILES string of the molecule is COc1ccccc1N1CCC(NS(=O)(=O)c2ccc(C)cc2Cl)C1=O. The zero-order valence-electron chi connectivity index (χ0n) is 14.4. The van der Waals surface area contributed by atoms with Crippen LogP contribution in [0.15, 0.2) is 47.4 Å². The van der Waals surface area contributed by atoms with E-state index in [2.05, 4.69) is 4.72 Å². The average Bonchev–Trinajstić information content (AvgIpc) is 2.94. The lowest BCUT2D eigenvalue weighted by Gasteiger charge is -2.20. The lowest BCUT2D eigenvalue weighted by molar-refractivity contribution is -0.118. The van der Waals surface area contributed by atoms with Gasteiger partial charge >= 0.3 is 0 Å². The van der Waals surface area contributed by atoms with Gasteiger partial charge in [-0.3, -0.25) is 4.79 Å². The third-order valence-corrected chi connectivity index (χ3v) is 6.21. The first-order valence-corrected chi connectivity index (χ1v) is 9.92. The minimum Gasteiger partial charge on any atom is -0.495 e. The quantitative estimate of drug-likeness (QED) is 0.846. The predicted molar refractivity (Wildman–Crippen MR) is 100 cm³/mol. The summed E-state index contributed by atoms with van der Waals surface area (Å²) in [4.78, 5) is 14.2. The van der Waals surface area contributed by atoms with Crippen LogP contribution >= 0.6 is 11.6 Å². The summed E-state index contributed by atoms with van der Waals surface area (Å²) in [6.07, 6.45) is 0.361. The second-order valence-corrected chi connectivity index (χ2v) is 8.15. The molecule has 0 saturated carbocycles. The van der Waals surface area contributed by atoms with E-state index in [1.165, 1.54) is 18.1 Å². The van der Waals surface area contributed by atoms with Gasteiger partial charge in [0.1, 0.15) is 16.7 Å². The van der Waals surface area contributed by atoms with Gasteiger partial charge in [0.25, 0.3) is 0 Å². The van der Waals surface area contributed by atoms with Gasteiger partial charge in [-0.05, 0) is 43.2 Å². The lowest BCUT2D eigenvalue weighted by Crippen LogP contribution is -2.41. The van der Waals surface area contributed by atoms with Gasteiger partial charge in [-0.2, -0.15) is 4.72 Å². The fourth-order valence-electron chi connectivity index (χ4n) is 2.96. The van der Waals surface area contributed by atoms with Gasteiger partial charge in [-0.15, -0.1) is 0 Å². The number of halogens is 1. The van der Waals surface area contributed by atoms with Gasteiger partial charge in [0.2, 0.25) is 15.9 Å². The molecule has 138 valence electrons. The highest BCUT2D eigenvalue weighted by atomic mass is 35.5. The number of methoxy groups -OCH3 is 1. The first-order valence-electron chi connectivity index (χ1n) is 8.06. The van der Waals surface area contributed by atoms with E-state index >= 15 is 0 Å². The number of carbonyl (C=O) groups is 1. The number of anilines is 1. The smallest absolute Gasteiger partial charge is 0.245 e. The van der Waals surface area contributed by atoms with E-state index in [0.29, 0.717) is 24.4 Å². The molecule has 2 aromatic carbocycles. The summed E-state index contributed by atoms with van der Waals surface area (Å²) in [7, 11) is -2.38. The summed E-state index contributed by atoms with van der Waals surface area (Å²) in [6, 6.07) is 11.0. The standard InChI is InChI=1S/C18H19ClN2O4S/c1-12-7-8-17(13(19)11-12)26(23,24)20-14-9-10-21(18(14)22)15-5-3-4-6-16(15)25-2/h3-8,11,14,20H,9-10H2,1-2H3. The number of hydrogen-bond acceptors (Lipinski definition) is 4. The molecule has 1 aliphatic rings. The van der Waals surface area contributed by atoms with E-state index in [1.54, 1.807) is 30.3 Å². The van der Waals surface area contributed by atoms with Crippen molar-refractivity contribution in [3.8, 4) is 5.75 Å². The normalized spacial score (nSPS) is 17.6. The summed E-state index contributed by atoms with van der Waals surface area (Å²) < 4.78 is 33.0. The Bertz CT molecular complexity index is 946.